The van der Waals surface area contributed by atoms with Gasteiger partial charge < -0.3 is 0 Å². The van der Waals surface area contributed by atoms with Gasteiger partial charge >= 0.3 is 0 Å². The standard InChI is InChI=1S/C18H34/c1-4-5-6-7-8-9-10-11-12-13-14-15-16-17-18(2)3/h9-10,12-13,18H,4-8,11,14-17H2,1-3H3. The smallest absolute Gasteiger partial charge is 0.0169 e. The van der Waals surface area contributed by atoms with Gasteiger partial charge in [0.2, 0.25) is 0 Å². The van der Waals surface area contributed by atoms with Crippen molar-refractivity contribution in [1.82, 2.24) is 0 Å². The first-order valence-corrected chi connectivity index (χ1v) is 8.07. The third kappa shape index (κ3) is 15.5. The van der Waals surface area contributed by atoms with Gasteiger partial charge in [0.1, 0.15) is 0 Å². The van der Waals surface area contributed by atoms with Crippen LogP contribution in [-0.4, -0.2) is 0 Å². The van der Waals surface area contributed by atoms with Crippen LogP contribution in [0, 0.1) is 5.92 Å². The lowest BCUT2D eigenvalue weighted by molar-refractivity contribution is 0.540. The molecule has 0 aromatic carbocycles. The minimum atomic E-state index is 0.865. The molecule has 0 saturated heterocycles. The zero-order valence-electron chi connectivity index (χ0n) is 13.0. The Morgan fingerprint density at radius 3 is 1.89 bits per heavy atom. The molecule has 0 atom stereocenters. The average molecular weight is 250 g/mol. The fourth-order valence-electron chi connectivity index (χ4n) is 2.01. The van der Waals surface area contributed by atoms with Gasteiger partial charge in [-0.15, -0.1) is 0 Å². The minimum absolute atomic E-state index is 0.865. The van der Waals surface area contributed by atoms with Crippen molar-refractivity contribution in [2.24, 2.45) is 5.92 Å². The first kappa shape index (κ1) is 17.5. The summed E-state index contributed by atoms with van der Waals surface area (Å²) in [5, 5.41) is 0. The Balaban J connectivity index is 3.19. The van der Waals surface area contributed by atoms with Crippen molar-refractivity contribution in [2.75, 3.05) is 0 Å². The van der Waals surface area contributed by atoms with Gasteiger partial charge in [-0.25, -0.2) is 0 Å². The Morgan fingerprint density at radius 1 is 0.722 bits per heavy atom. The highest BCUT2D eigenvalue weighted by molar-refractivity contribution is 4.92. The predicted molar refractivity (Wildman–Crippen MR) is 85.0 cm³/mol. The Morgan fingerprint density at radius 2 is 1.33 bits per heavy atom. The summed E-state index contributed by atoms with van der Waals surface area (Å²) in [6.07, 6.45) is 22.6. The van der Waals surface area contributed by atoms with Gasteiger partial charge in [-0.1, -0.05) is 77.2 Å². The van der Waals surface area contributed by atoms with E-state index < -0.39 is 0 Å². The molecule has 0 N–H and O–H groups in total. The van der Waals surface area contributed by atoms with Gasteiger partial charge in [-0.05, 0) is 38.0 Å². The van der Waals surface area contributed by atoms with E-state index in [9.17, 15) is 0 Å². The van der Waals surface area contributed by atoms with E-state index in [1.165, 1.54) is 57.8 Å². The fraction of sp³-hybridized carbons (Fsp3) is 0.778. The van der Waals surface area contributed by atoms with Crippen LogP contribution in [0.3, 0.4) is 0 Å². The molecule has 0 unspecified atom stereocenters. The van der Waals surface area contributed by atoms with E-state index in [1.807, 2.05) is 0 Å². The van der Waals surface area contributed by atoms with Gasteiger partial charge in [0.15, 0.2) is 0 Å². The number of allylic oxidation sites excluding steroid dienone is 4. The van der Waals surface area contributed by atoms with Crippen LogP contribution in [0.5, 0.6) is 0 Å². The van der Waals surface area contributed by atoms with Crippen LogP contribution in [-0.2, 0) is 0 Å². The summed E-state index contributed by atoms with van der Waals surface area (Å²) >= 11 is 0. The van der Waals surface area contributed by atoms with Crippen LogP contribution in [0.15, 0.2) is 24.3 Å². The molecule has 0 aromatic rings. The summed E-state index contributed by atoms with van der Waals surface area (Å²) in [5.41, 5.74) is 0. The molecule has 0 fully saturated rings. The maximum absolute atomic E-state index is 2.35. The third-order valence-corrected chi connectivity index (χ3v) is 3.23. The topological polar surface area (TPSA) is 0 Å². The Labute approximate surface area is 116 Å². The van der Waals surface area contributed by atoms with Crippen molar-refractivity contribution < 1.29 is 0 Å². The van der Waals surface area contributed by atoms with E-state index in [1.54, 1.807) is 0 Å². The number of hydrogen-bond donors (Lipinski definition) is 0. The largest absolute Gasteiger partial charge is 0.0882 e. The molecule has 0 radical (unpaired) electrons. The Hall–Kier alpha value is -0.520. The van der Waals surface area contributed by atoms with Crippen LogP contribution in [0.2, 0.25) is 0 Å². The molecule has 106 valence electrons. The van der Waals surface area contributed by atoms with E-state index >= 15 is 0 Å². The highest BCUT2D eigenvalue weighted by Gasteiger charge is 1.91. The fourth-order valence-corrected chi connectivity index (χ4v) is 2.01. The lowest BCUT2D eigenvalue weighted by atomic mass is 10.1. The number of unbranched alkanes of at least 4 members (excludes halogenated alkanes) is 6. The SMILES string of the molecule is CCCCCCC=CCC=CCCCCC(C)C. The summed E-state index contributed by atoms with van der Waals surface area (Å²) in [5.74, 6) is 0.865. The molecular weight excluding hydrogens is 216 g/mol. The third-order valence-electron chi connectivity index (χ3n) is 3.23. The van der Waals surface area contributed by atoms with Crippen molar-refractivity contribution in [1.29, 1.82) is 0 Å². The Kier molecular flexibility index (Phi) is 14.1. The zero-order valence-corrected chi connectivity index (χ0v) is 13.0. The van der Waals surface area contributed by atoms with E-state index in [0.29, 0.717) is 0 Å². The summed E-state index contributed by atoms with van der Waals surface area (Å²) < 4.78 is 0. The molecule has 0 rings (SSSR count). The van der Waals surface area contributed by atoms with Crippen LogP contribution in [0.4, 0.5) is 0 Å². The molecule has 0 heterocycles. The summed E-state index contributed by atoms with van der Waals surface area (Å²) in [6.45, 7) is 6.88. The lowest BCUT2D eigenvalue weighted by Crippen LogP contribution is -1.85. The maximum Gasteiger partial charge on any atom is -0.0169 e. The number of hydrogen-bond acceptors (Lipinski definition) is 0. The normalized spacial score (nSPS) is 12.2. The maximum atomic E-state index is 2.35. The molecule has 0 saturated carbocycles. The zero-order chi connectivity index (χ0) is 13.5. The van der Waals surface area contributed by atoms with Crippen molar-refractivity contribution in [3.8, 4) is 0 Å². The van der Waals surface area contributed by atoms with Crippen molar-refractivity contribution in [3.05, 3.63) is 24.3 Å². The van der Waals surface area contributed by atoms with Gasteiger partial charge in [0.05, 0.1) is 0 Å². The molecule has 0 spiro atoms. The van der Waals surface area contributed by atoms with Crippen LogP contribution in [0.25, 0.3) is 0 Å². The quantitative estimate of drug-likeness (QED) is 0.268. The van der Waals surface area contributed by atoms with Crippen molar-refractivity contribution in [2.45, 2.75) is 85.0 Å². The molecular formula is C18H34. The van der Waals surface area contributed by atoms with E-state index in [0.717, 1.165) is 12.3 Å². The molecule has 0 amide bonds. The lowest BCUT2D eigenvalue weighted by Gasteiger charge is -2.01. The molecule has 0 heteroatoms. The minimum Gasteiger partial charge on any atom is -0.0882 e. The Bertz CT molecular complexity index is 198. The van der Waals surface area contributed by atoms with E-state index in [2.05, 4.69) is 45.1 Å². The highest BCUT2D eigenvalue weighted by Crippen LogP contribution is 2.08. The second-order valence-electron chi connectivity index (χ2n) is 5.71. The first-order chi connectivity index (χ1) is 8.77. The summed E-state index contributed by atoms with van der Waals surface area (Å²) in [6, 6.07) is 0. The molecule has 18 heavy (non-hydrogen) atoms. The van der Waals surface area contributed by atoms with Crippen LogP contribution >= 0.6 is 0 Å². The molecule has 0 aliphatic carbocycles. The second kappa shape index (κ2) is 14.5. The molecule has 0 aromatic heterocycles. The predicted octanol–water partition coefficient (Wildman–Crippen LogP) is 6.68. The van der Waals surface area contributed by atoms with Crippen molar-refractivity contribution >= 4 is 0 Å². The summed E-state index contributed by atoms with van der Waals surface area (Å²) in [7, 11) is 0. The van der Waals surface area contributed by atoms with Crippen LogP contribution in [0.1, 0.15) is 85.0 Å². The van der Waals surface area contributed by atoms with Gasteiger partial charge in [-0.3, -0.25) is 0 Å². The molecule has 0 aliphatic rings. The summed E-state index contributed by atoms with van der Waals surface area (Å²) in [4.78, 5) is 0. The van der Waals surface area contributed by atoms with Gasteiger partial charge in [-0.2, -0.15) is 0 Å². The average Bonchev–Trinajstić information content (AvgIpc) is 2.34. The first-order valence-electron chi connectivity index (χ1n) is 8.07. The van der Waals surface area contributed by atoms with Crippen LogP contribution < -0.4 is 0 Å². The number of rotatable bonds is 12. The van der Waals surface area contributed by atoms with E-state index in [-0.39, 0.29) is 0 Å². The highest BCUT2D eigenvalue weighted by atomic mass is 14.0. The van der Waals surface area contributed by atoms with E-state index in [4.69, 9.17) is 0 Å². The molecule has 0 nitrogen and oxygen atoms in total. The molecule has 0 aliphatic heterocycles. The second-order valence-corrected chi connectivity index (χ2v) is 5.71. The van der Waals surface area contributed by atoms with Gasteiger partial charge in [0, 0.05) is 0 Å². The van der Waals surface area contributed by atoms with Gasteiger partial charge in [0.25, 0.3) is 0 Å². The molecule has 0 bridgehead atoms. The van der Waals surface area contributed by atoms with Crippen molar-refractivity contribution in [3.63, 3.8) is 0 Å². The monoisotopic (exact) mass is 250 g/mol.